The fourth-order valence-electron chi connectivity index (χ4n) is 2.93. The van der Waals surface area contributed by atoms with Crippen LogP contribution in [-0.4, -0.2) is 30.3 Å². The Morgan fingerprint density at radius 3 is 2.67 bits per heavy atom. The van der Waals surface area contributed by atoms with Crippen LogP contribution in [0.2, 0.25) is 0 Å². The normalized spacial score (nSPS) is 11.1. The van der Waals surface area contributed by atoms with Gasteiger partial charge < -0.3 is 5.32 Å². The van der Waals surface area contributed by atoms with Gasteiger partial charge in [0.15, 0.2) is 11.3 Å². The van der Waals surface area contributed by atoms with Gasteiger partial charge in [0, 0.05) is 43.2 Å². The SMILES string of the molecule is Cc1nn(C)cc1CNC(=O)c1cc2nccc(-c3ccc(F)cc3)n2n1. The molecule has 0 atom stereocenters. The van der Waals surface area contributed by atoms with E-state index in [0.29, 0.717) is 12.2 Å². The van der Waals surface area contributed by atoms with Crippen molar-refractivity contribution in [3.8, 4) is 11.3 Å². The lowest BCUT2D eigenvalue weighted by molar-refractivity contribution is 0.0945. The van der Waals surface area contributed by atoms with Crippen LogP contribution in [-0.2, 0) is 13.6 Å². The number of halogens is 1. The summed E-state index contributed by atoms with van der Waals surface area (Å²) in [6.45, 7) is 2.26. The van der Waals surface area contributed by atoms with Crippen LogP contribution in [0.15, 0.2) is 48.8 Å². The van der Waals surface area contributed by atoms with E-state index in [1.807, 2.05) is 20.2 Å². The zero-order valence-electron chi connectivity index (χ0n) is 14.8. The van der Waals surface area contributed by atoms with Crippen LogP contribution >= 0.6 is 0 Å². The average molecular weight is 364 g/mol. The van der Waals surface area contributed by atoms with Gasteiger partial charge in [-0.1, -0.05) is 0 Å². The number of carbonyl (C=O) groups excluding carboxylic acids is 1. The van der Waals surface area contributed by atoms with Crippen molar-refractivity contribution in [3.05, 3.63) is 71.6 Å². The van der Waals surface area contributed by atoms with Crippen molar-refractivity contribution in [2.45, 2.75) is 13.5 Å². The zero-order chi connectivity index (χ0) is 19.0. The smallest absolute Gasteiger partial charge is 0.272 e. The molecule has 7 nitrogen and oxygen atoms in total. The van der Waals surface area contributed by atoms with Crippen molar-refractivity contribution in [1.29, 1.82) is 0 Å². The van der Waals surface area contributed by atoms with Crippen LogP contribution in [0, 0.1) is 12.7 Å². The number of hydrogen-bond donors (Lipinski definition) is 1. The Kier molecular flexibility index (Phi) is 4.15. The van der Waals surface area contributed by atoms with Crippen LogP contribution in [0.3, 0.4) is 0 Å². The topological polar surface area (TPSA) is 77.1 Å². The maximum atomic E-state index is 13.2. The molecule has 0 saturated heterocycles. The Morgan fingerprint density at radius 1 is 1.19 bits per heavy atom. The fraction of sp³-hybridized carbons (Fsp3) is 0.158. The molecule has 0 aliphatic rings. The van der Waals surface area contributed by atoms with Gasteiger partial charge in [0.1, 0.15) is 5.82 Å². The van der Waals surface area contributed by atoms with Crippen molar-refractivity contribution >= 4 is 11.6 Å². The Morgan fingerprint density at radius 2 is 1.96 bits per heavy atom. The predicted molar refractivity (Wildman–Crippen MR) is 97.5 cm³/mol. The summed E-state index contributed by atoms with van der Waals surface area (Å²) < 4.78 is 16.5. The number of nitrogens with zero attached hydrogens (tertiary/aromatic N) is 5. The Bertz CT molecular complexity index is 1130. The molecule has 0 bridgehead atoms. The molecular weight excluding hydrogens is 347 g/mol. The van der Waals surface area contributed by atoms with E-state index in [1.54, 1.807) is 39.7 Å². The molecule has 1 amide bonds. The third kappa shape index (κ3) is 3.29. The highest BCUT2D eigenvalue weighted by Gasteiger charge is 2.15. The molecule has 0 saturated carbocycles. The van der Waals surface area contributed by atoms with Gasteiger partial charge in [-0.05, 0) is 37.3 Å². The van der Waals surface area contributed by atoms with E-state index in [0.717, 1.165) is 22.5 Å². The van der Waals surface area contributed by atoms with Gasteiger partial charge in [0.05, 0.1) is 11.4 Å². The highest BCUT2D eigenvalue weighted by molar-refractivity contribution is 5.93. The molecule has 3 heterocycles. The van der Waals surface area contributed by atoms with Crippen molar-refractivity contribution < 1.29 is 9.18 Å². The number of nitrogens with one attached hydrogen (secondary N) is 1. The summed E-state index contributed by atoms with van der Waals surface area (Å²) in [5.74, 6) is -0.607. The van der Waals surface area contributed by atoms with Gasteiger partial charge in [0.2, 0.25) is 0 Å². The summed E-state index contributed by atoms with van der Waals surface area (Å²) in [5, 5.41) is 11.5. The lowest BCUT2D eigenvalue weighted by Gasteiger charge is -2.04. The number of carbonyl (C=O) groups is 1. The number of rotatable bonds is 4. The summed E-state index contributed by atoms with van der Waals surface area (Å²) in [6.07, 6.45) is 3.50. The quantitative estimate of drug-likeness (QED) is 0.604. The number of benzene rings is 1. The Hall–Kier alpha value is -3.55. The minimum atomic E-state index is -0.310. The number of fused-ring (bicyclic) bond motifs is 1. The molecule has 0 aliphatic carbocycles. The summed E-state index contributed by atoms with van der Waals surface area (Å²) in [5.41, 5.74) is 4.12. The molecule has 1 aromatic carbocycles. The maximum Gasteiger partial charge on any atom is 0.272 e. The summed E-state index contributed by atoms with van der Waals surface area (Å²) in [6, 6.07) is 9.49. The number of amides is 1. The fourth-order valence-corrected chi connectivity index (χ4v) is 2.93. The lowest BCUT2D eigenvalue weighted by Crippen LogP contribution is -2.23. The van der Waals surface area contributed by atoms with Crippen LogP contribution in [0.5, 0.6) is 0 Å². The first-order valence-corrected chi connectivity index (χ1v) is 8.39. The van der Waals surface area contributed by atoms with Crippen molar-refractivity contribution in [2.24, 2.45) is 7.05 Å². The zero-order valence-corrected chi connectivity index (χ0v) is 14.8. The van der Waals surface area contributed by atoms with Crippen LogP contribution in [0.25, 0.3) is 16.9 Å². The first-order valence-electron chi connectivity index (χ1n) is 8.39. The molecule has 1 N–H and O–H groups in total. The molecule has 8 heteroatoms. The van der Waals surface area contributed by atoms with Crippen LogP contribution < -0.4 is 5.32 Å². The van der Waals surface area contributed by atoms with E-state index in [4.69, 9.17) is 0 Å². The van der Waals surface area contributed by atoms with E-state index >= 15 is 0 Å². The van der Waals surface area contributed by atoms with Gasteiger partial charge >= 0.3 is 0 Å². The van der Waals surface area contributed by atoms with Crippen molar-refractivity contribution in [3.63, 3.8) is 0 Å². The average Bonchev–Trinajstić information content (AvgIpc) is 3.23. The van der Waals surface area contributed by atoms with Crippen LogP contribution in [0.1, 0.15) is 21.7 Å². The number of aryl methyl sites for hydroxylation is 2. The monoisotopic (exact) mass is 364 g/mol. The number of hydrogen-bond acceptors (Lipinski definition) is 4. The second-order valence-electron chi connectivity index (χ2n) is 6.23. The van der Waals surface area contributed by atoms with E-state index in [2.05, 4.69) is 20.5 Å². The highest BCUT2D eigenvalue weighted by Crippen LogP contribution is 2.20. The minimum absolute atomic E-state index is 0.263. The lowest BCUT2D eigenvalue weighted by atomic mass is 10.1. The molecule has 4 aromatic rings. The van der Waals surface area contributed by atoms with E-state index in [1.165, 1.54) is 12.1 Å². The molecule has 27 heavy (non-hydrogen) atoms. The van der Waals surface area contributed by atoms with Crippen molar-refractivity contribution in [2.75, 3.05) is 0 Å². The molecule has 0 spiro atoms. The van der Waals surface area contributed by atoms with E-state index in [9.17, 15) is 9.18 Å². The Balaban J connectivity index is 1.61. The second kappa shape index (κ2) is 6.64. The maximum absolute atomic E-state index is 13.2. The standard InChI is InChI=1S/C19H17FN6O/c1-12-14(11-25(2)23-12)10-22-19(27)16-9-18-21-8-7-17(26(18)24-16)13-3-5-15(20)6-4-13/h3-9,11H,10H2,1-2H3,(H,22,27). The van der Waals surface area contributed by atoms with E-state index in [-0.39, 0.29) is 17.4 Å². The molecule has 4 rings (SSSR count). The first-order chi connectivity index (χ1) is 13.0. The van der Waals surface area contributed by atoms with Gasteiger partial charge in [0.25, 0.3) is 5.91 Å². The molecule has 0 unspecified atom stereocenters. The third-order valence-electron chi connectivity index (χ3n) is 4.29. The molecule has 0 aliphatic heterocycles. The third-order valence-corrected chi connectivity index (χ3v) is 4.29. The summed E-state index contributed by atoms with van der Waals surface area (Å²) in [7, 11) is 1.84. The summed E-state index contributed by atoms with van der Waals surface area (Å²) in [4.78, 5) is 16.8. The van der Waals surface area contributed by atoms with Crippen LogP contribution in [0.4, 0.5) is 4.39 Å². The molecule has 0 fully saturated rings. The molecule has 0 radical (unpaired) electrons. The minimum Gasteiger partial charge on any atom is -0.346 e. The van der Waals surface area contributed by atoms with E-state index < -0.39 is 0 Å². The van der Waals surface area contributed by atoms with Crippen molar-refractivity contribution in [1.82, 2.24) is 29.7 Å². The summed E-state index contributed by atoms with van der Waals surface area (Å²) >= 11 is 0. The van der Waals surface area contributed by atoms with Gasteiger partial charge in [-0.25, -0.2) is 13.9 Å². The highest BCUT2D eigenvalue weighted by atomic mass is 19.1. The van der Waals surface area contributed by atoms with Gasteiger partial charge in [-0.2, -0.15) is 10.2 Å². The molecular formula is C19H17FN6O. The molecule has 3 aromatic heterocycles. The van der Waals surface area contributed by atoms with Gasteiger partial charge in [-0.3, -0.25) is 9.48 Å². The second-order valence-corrected chi connectivity index (χ2v) is 6.23. The largest absolute Gasteiger partial charge is 0.346 e. The molecule has 136 valence electrons. The number of aromatic nitrogens is 5. The predicted octanol–water partition coefficient (Wildman–Crippen LogP) is 2.51. The first kappa shape index (κ1) is 16.9. The van der Waals surface area contributed by atoms with Gasteiger partial charge in [-0.15, -0.1) is 0 Å². The Labute approximate surface area is 154 Å².